The van der Waals surface area contributed by atoms with Crippen molar-refractivity contribution >= 4 is 17.7 Å². The van der Waals surface area contributed by atoms with Crippen molar-refractivity contribution in [1.82, 2.24) is 14.7 Å². The minimum absolute atomic E-state index is 0.240. The Morgan fingerprint density at radius 3 is 2.71 bits per heavy atom. The Hall–Kier alpha value is -2.83. The molecule has 0 atom stereocenters. The van der Waals surface area contributed by atoms with E-state index in [0.29, 0.717) is 12.2 Å². The van der Waals surface area contributed by atoms with Crippen LogP contribution in [0.5, 0.6) is 0 Å². The van der Waals surface area contributed by atoms with Gasteiger partial charge in [0, 0.05) is 19.8 Å². The van der Waals surface area contributed by atoms with Gasteiger partial charge in [-0.3, -0.25) is 9.48 Å². The van der Waals surface area contributed by atoms with Crippen LogP contribution in [-0.4, -0.2) is 38.8 Å². The van der Waals surface area contributed by atoms with Gasteiger partial charge in [0.15, 0.2) is 0 Å². The third-order valence-electron chi connectivity index (χ3n) is 2.79. The molecule has 1 heterocycles. The van der Waals surface area contributed by atoms with Crippen molar-refractivity contribution in [3.8, 4) is 0 Å². The van der Waals surface area contributed by atoms with Crippen molar-refractivity contribution in [2.75, 3.05) is 12.4 Å². The molecular weight excluding hydrogens is 272 g/mol. The monoisotopic (exact) mass is 288 g/mol. The Kier molecular flexibility index (Phi) is 4.55. The predicted octanol–water partition coefficient (Wildman–Crippen LogP) is 1.63. The summed E-state index contributed by atoms with van der Waals surface area (Å²) in [5.41, 5.74) is 1.48. The van der Waals surface area contributed by atoms with Gasteiger partial charge < -0.3 is 15.3 Å². The number of urea groups is 1. The highest BCUT2D eigenvalue weighted by molar-refractivity contribution is 5.88. The molecule has 7 nitrogen and oxygen atoms in total. The molecule has 2 amide bonds. The van der Waals surface area contributed by atoms with Gasteiger partial charge >= 0.3 is 12.0 Å². The van der Waals surface area contributed by atoms with Crippen molar-refractivity contribution in [1.29, 1.82) is 0 Å². The van der Waals surface area contributed by atoms with Crippen LogP contribution in [0.1, 0.15) is 5.56 Å². The van der Waals surface area contributed by atoms with Crippen molar-refractivity contribution in [3.63, 3.8) is 0 Å². The average Bonchev–Trinajstić information content (AvgIpc) is 2.86. The summed E-state index contributed by atoms with van der Waals surface area (Å²) in [5, 5.41) is 15.2. The molecule has 0 saturated heterocycles. The second-order valence-electron chi connectivity index (χ2n) is 4.59. The highest BCUT2D eigenvalue weighted by atomic mass is 16.4. The Morgan fingerprint density at radius 2 is 2.05 bits per heavy atom. The Balaban J connectivity index is 1.91. The lowest BCUT2D eigenvalue weighted by Crippen LogP contribution is -2.30. The highest BCUT2D eigenvalue weighted by Crippen LogP contribution is 2.08. The molecule has 0 bridgehead atoms. The second kappa shape index (κ2) is 6.56. The lowest BCUT2D eigenvalue weighted by atomic mass is 10.2. The van der Waals surface area contributed by atoms with Crippen LogP contribution < -0.4 is 5.32 Å². The molecule has 0 unspecified atom stereocenters. The van der Waals surface area contributed by atoms with E-state index in [-0.39, 0.29) is 12.6 Å². The zero-order chi connectivity index (χ0) is 15.2. The Labute approximate surface area is 121 Å². The first-order valence-corrected chi connectivity index (χ1v) is 6.35. The summed E-state index contributed by atoms with van der Waals surface area (Å²) in [7, 11) is 1.68. The van der Waals surface area contributed by atoms with Crippen LogP contribution in [0.3, 0.4) is 0 Å². The van der Waals surface area contributed by atoms with E-state index in [0.717, 1.165) is 5.56 Å². The van der Waals surface area contributed by atoms with Crippen molar-refractivity contribution < 1.29 is 14.7 Å². The SMILES string of the molecule is CN(Cc1ccccc1)C(=O)Nc1cnn(CC(=O)O)c1. The number of hydrogen-bond acceptors (Lipinski definition) is 3. The summed E-state index contributed by atoms with van der Waals surface area (Å²) < 4.78 is 1.25. The Bertz CT molecular complexity index is 624. The van der Waals surface area contributed by atoms with Gasteiger partial charge in [0.05, 0.1) is 11.9 Å². The molecule has 0 aliphatic carbocycles. The van der Waals surface area contributed by atoms with Crippen LogP contribution in [0.15, 0.2) is 42.7 Å². The molecule has 0 saturated carbocycles. The molecule has 2 N–H and O–H groups in total. The van der Waals surface area contributed by atoms with Gasteiger partial charge in [-0.25, -0.2) is 4.79 Å². The van der Waals surface area contributed by atoms with E-state index < -0.39 is 5.97 Å². The number of carboxylic acid groups (broad SMARTS) is 1. The van der Waals surface area contributed by atoms with Gasteiger partial charge in [-0.05, 0) is 5.56 Å². The number of carbonyl (C=O) groups excluding carboxylic acids is 1. The van der Waals surface area contributed by atoms with Crippen LogP contribution in [0.2, 0.25) is 0 Å². The fourth-order valence-corrected chi connectivity index (χ4v) is 1.80. The lowest BCUT2D eigenvalue weighted by molar-refractivity contribution is -0.137. The number of benzene rings is 1. The fourth-order valence-electron chi connectivity index (χ4n) is 1.80. The number of nitrogens with one attached hydrogen (secondary N) is 1. The number of rotatable bonds is 5. The van der Waals surface area contributed by atoms with E-state index in [1.165, 1.54) is 22.0 Å². The topological polar surface area (TPSA) is 87.5 Å². The molecule has 0 aliphatic rings. The molecular formula is C14H16N4O3. The van der Waals surface area contributed by atoms with Crippen LogP contribution in [0, 0.1) is 0 Å². The molecule has 0 fully saturated rings. The smallest absolute Gasteiger partial charge is 0.325 e. The minimum Gasteiger partial charge on any atom is -0.480 e. The summed E-state index contributed by atoms with van der Waals surface area (Å²) in [6, 6.07) is 9.34. The number of amides is 2. The lowest BCUT2D eigenvalue weighted by Gasteiger charge is -2.17. The van der Waals surface area contributed by atoms with E-state index in [4.69, 9.17) is 5.11 Å². The van der Waals surface area contributed by atoms with E-state index in [2.05, 4.69) is 10.4 Å². The van der Waals surface area contributed by atoms with Crippen LogP contribution in [0.4, 0.5) is 10.5 Å². The molecule has 0 aliphatic heterocycles. The highest BCUT2D eigenvalue weighted by Gasteiger charge is 2.11. The summed E-state index contributed by atoms with van der Waals surface area (Å²) in [6.45, 7) is 0.242. The molecule has 1 aromatic carbocycles. The Morgan fingerprint density at radius 1 is 1.33 bits per heavy atom. The van der Waals surface area contributed by atoms with E-state index in [1.54, 1.807) is 7.05 Å². The maximum absolute atomic E-state index is 12.0. The first-order chi connectivity index (χ1) is 10.0. The number of nitrogens with zero attached hydrogens (tertiary/aromatic N) is 3. The van der Waals surface area contributed by atoms with Crippen molar-refractivity contribution in [2.45, 2.75) is 13.1 Å². The predicted molar refractivity (Wildman–Crippen MR) is 76.8 cm³/mol. The first kappa shape index (κ1) is 14.6. The standard InChI is InChI=1S/C14H16N4O3/c1-17(8-11-5-3-2-4-6-11)14(21)16-12-7-15-18(9-12)10-13(19)20/h2-7,9H,8,10H2,1H3,(H,16,21)(H,19,20). The normalized spacial score (nSPS) is 10.1. The van der Waals surface area contributed by atoms with Crippen LogP contribution in [0.25, 0.3) is 0 Å². The molecule has 0 radical (unpaired) electrons. The number of aliphatic carboxylic acids is 1. The second-order valence-corrected chi connectivity index (χ2v) is 4.59. The zero-order valence-electron chi connectivity index (χ0n) is 11.6. The van der Waals surface area contributed by atoms with E-state index in [1.807, 2.05) is 30.3 Å². The number of carboxylic acids is 1. The largest absolute Gasteiger partial charge is 0.480 e. The zero-order valence-corrected chi connectivity index (χ0v) is 11.6. The van der Waals surface area contributed by atoms with Crippen molar-refractivity contribution in [3.05, 3.63) is 48.3 Å². The molecule has 21 heavy (non-hydrogen) atoms. The molecule has 0 spiro atoms. The maximum atomic E-state index is 12.0. The van der Waals surface area contributed by atoms with Gasteiger partial charge in [0.25, 0.3) is 0 Å². The minimum atomic E-state index is -0.989. The van der Waals surface area contributed by atoms with E-state index in [9.17, 15) is 9.59 Å². The molecule has 1 aromatic heterocycles. The van der Waals surface area contributed by atoms with E-state index >= 15 is 0 Å². The molecule has 7 heteroatoms. The molecule has 2 aromatic rings. The summed E-state index contributed by atoms with van der Waals surface area (Å²) in [5.74, 6) is -0.989. The summed E-state index contributed by atoms with van der Waals surface area (Å²) >= 11 is 0. The van der Waals surface area contributed by atoms with Crippen LogP contribution in [-0.2, 0) is 17.9 Å². The fraction of sp³-hybridized carbons (Fsp3) is 0.214. The number of anilines is 1. The van der Waals surface area contributed by atoms with Gasteiger partial charge in [-0.2, -0.15) is 5.10 Å². The first-order valence-electron chi connectivity index (χ1n) is 6.35. The number of carbonyl (C=O) groups is 2. The number of aromatic nitrogens is 2. The van der Waals surface area contributed by atoms with Crippen LogP contribution >= 0.6 is 0 Å². The van der Waals surface area contributed by atoms with Gasteiger partial charge in [-0.15, -0.1) is 0 Å². The van der Waals surface area contributed by atoms with Gasteiger partial charge in [0.2, 0.25) is 0 Å². The number of hydrogen-bond donors (Lipinski definition) is 2. The third kappa shape index (κ3) is 4.34. The molecule has 110 valence electrons. The molecule has 2 rings (SSSR count). The maximum Gasteiger partial charge on any atom is 0.325 e. The summed E-state index contributed by atoms with van der Waals surface area (Å²) in [6.07, 6.45) is 2.89. The van der Waals surface area contributed by atoms with Gasteiger partial charge in [0.1, 0.15) is 6.54 Å². The summed E-state index contributed by atoms with van der Waals surface area (Å²) in [4.78, 5) is 24.1. The average molecular weight is 288 g/mol. The quantitative estimate of drug-likeness (QED) is 0.875. The van der Waals surface area contributed by atoms with Gasteiger partial charge in [-0.1, -0.05) is 30.3 Å². The third-order valence-corrected chi connectivity index (χ3v) is 2.79. The van der Waals surface area contributed by atoms with Crippen molar-refractivity contribution in [2.24, 2.45) is 0 Å².